The third kappa shape index (κ3) is 4.61. The van der Waals surface area contributed by atoms with Crippen molar-refractivity contribution in [2.45, 2.75) is 26.7 Å². The molecule has 0 aliphatic carbocycles. The van der Waals surface area contributed by atoms with Crippen LogP contribution in [0, 0.1) is 5.92 Å². The highest BCUT2D eigenvalue weighted by atomic mass is 16.5. The third-order valence-electron chi connectivity index (χ3n) is 4.09. The number of ether oxygens (including phenoxy) is 3. The lowest BCUT2D eigenvalue weighted by Crippen LogP contribution is -2.39. The Morgan fingerprint density at radius 1 is 1.13 bits per heavy atom. The Bertz CT molecular complexity index is 510. The van der Waals surface area contributed by atoms with E-state index in [0.717, 1.165) is 32.5 Å². The summed E-state index contributed by atoms with van der Waals surface area (Å²) in [7, 11) is 1.73. The molecule has 5 nitrogen and oxygen atoms in total. The molecule has 1 saturated heterocycles. The van der Waals surface area contributed by atoms with Crippen LogP contribution in [0.2, 0.25) is 0 Å². The highest BCUT2D eigenvalue weighted by Crippen LogP contribution is 2.29. The summed E-state index contributed by atoms with van der Waals surface area (Å²) in [5.74, 6) is 1.94. The molecule has 0 radical (unpaired) electrons. The van der Waals surface area contributed by atoms with Gasteiger partial charge in [0.25, 0.3) is 5.91 Å². The van der Waals surface area contributed by atoms with Crippen molar-refractivity contribution in [3.8, 4) is 11.5 Å². The molecule has 1 fully saturated rings. The number of methoxy groups -OCH3 is 1. The van der Waals surface area contributed by atoms with E-state index in [1.165, 1.54) is 0 Å². The molecule has 23 heavy (non-hydrogen) atoms. The predicted octanol–water partition coefficient (Wildman–Crippen LogP) is 2.98. The smallest absolute Gasteiger partial charge is 0.253 e. The molecule has 0 N–H and O–H groups in total. The molecule has 1 aromatic carbocycles. The molecule has 1 aliphatic heterocycles. The molecule has 1 aliphatic rings. The zero-order chi connectivity index (χ0) is 16.7. The van der Waals surface area contributed by atoms with Crippen LogP contribution in [0.3, 0.4) is 0 Å². The van der Waals surface area contributed by atoms with Crippen LogP contribution < -0.4 is 9.47 Å². The number of hydrogen-bond acceptors (Lipinski definition) is 4. The summed E-state index contributed by atoms with van der Waals surface area (Å²) in [6, 6.07) is 5.43. The number of amides is 1. The van der Waals surface area contributed by atoms with Gasteiger partial charge in [0.2, 0.25) is 0 Å². The van der Waals surface area contributed by atoms with E-state index in [-0.39, 0.29) is 5.91 Å². The first kappa shape index (κ1) is 17.6. The lowest BCUT2D eigenvalue weighted by Gasteiger charge is -2.31. The van der Waals surface area contributed by atoms with Crippen LogP contribution >= 0.6 is 0 Å². The van der Waals surface area contributed by atoms with Gasteiger partial charge in [-0.3, -0.25) is 4.79 Å². The number of rotatable bonds is 7. The Morgan fingerprint density at radius 3 is 2.39 bits per heavy atom. The first-order valence-electron chi connectivity index (χ1n) is 8.37. The molecular weight excluding hydrogens is 294 g/mol. The molecule has 0 unspecified atom stereocenters. The second-order valence-electron chi connectivity index (χ2n) is 5.72. The zero-order valence-corrected chi connectivity index (χ0v) is 14.3. The molecule has 0 spiro atoms. The molecular formula is C18H27NO4. The Morgan fingerprint density at radius 2 is 1.78 bits per heavy atom. The van der Waals surface area contributed by atoms with E-state index in [9.17, 15) is 4.79 Å². The van der Waals surface area contributed by atoms with Gasteiger partial charge in [-0.25, -0.2) is 0 Å². The maximum atomic E-state index is 12.7. The normalized spacial score (nSPS) is 15.5. The topological polar surface area (TPSA) is 48.0 Å². The minimum atomic E-state index is 0.0601. The Balaban J connectivity index is 2.06. The molecule has 1 heterocycles. The molecule has 0 aromatic heterocycles. The molecule has 0 bridgehead atoms. The molecule has 128 valence electrons. The van der Waals surface area contributed by atoms with Gasteiger partial charge < -0.3 is 19.1 Å². The summed E-state index contributed by atoms with van der Waals surface area (Å²) in [5, 5.41) is 0. The summed E-state index contributed by atoms with van der Waals surface area (Å²) in [6.45, 7) is 7.30. The van der Waals surface area contributed by atoms with Gasteiger partial charge in [0.15, 0.2) is 11.5 Å². The number of carbonyl (C=O) groups is 1. The fourth-order valence-electron chi connectivity index (χ4n) is 2.91. The number of carbonyl (C=O) groups excluding carboxylic acids is 1. The molecule has 2 rings (SSSR count). The van der Waals surface area contributed by atoms with E-state index in [1.807, 2.05) is 30.9 Å². The van der Waals surface area contributed by atoms with Crippen LogP contribution in [0.4, 0.5) is 0 Å². The second kappa shape index (κ2) is 8.77. The van der Waals surface area contributed by atoms with Crippen molar-refractivity contribution in [3.63, 3.8) is 0 Å². The maximum Gasteiger partial charge on any atom is 0.253 e. The summed E-state index contributed by atoms with van der Waals surface area (Å²) in [4.78, 5) is 14.6. The third-order valence-corrected chi connectivity index (χ3v) is 4.09. The lowest BCUT2D eigenvalue weighted by molar-refractivity contribution is 0.0613. The minimum Gasteiger partial charge on any atom is -0.490 e. The predicted molar refractivity (Wildman–Crippen MR) is 89.3 cm³/mol. The largest absolute Gasteiger partial charge is 0.490 e. The molecule has 0 saturated carbocycles. The van der Waals surface area contributed by atoms with Crippen LogP contribution in [0.25, 0.3) is 0 Å². The van der Waals surface area contributed by atoms with E-state index >= 15 is 0 Å². The summed E-state index contributed by atoms with van der Waals surface area (Å²) >= 11 is 0. The van der Waals surface area contributed by atoms with Crippen LogP contribution in [0.1, 0.15) is 37.0 Å². The number of hydrogen-bond donors (Lipinski definition) is 0. The molecule has 0 atom stereocenters. The van der Waals surface area contributed by atoms with Crippen molar-refractivity contribution in [1.29, 1.82) is 0 Å². The molecule has 1 aromatic rings. The van der Waals surface area contributed by atoms with Crippen molar-refractivity contribution < 1.29 is 19.0 Å². The van der Waals surface area contributed by atoms with Crippen molar-refractivity contribution in [1.82, 2.24) is 4.90 Å². The lowest BCUT2D eigenvalue weighted by atomic mass is 9.97. The van der Waals surface area contributed by atoms with Gasteiger partial charge in [-0.1, -0.05) is 0 Å². The summed E-state index contributed by atoms with van der Waals surface area (Å²) in [5.41, 5.74) is 0.655. The van der Waals surface area contributed by atoms with E-state index in [2.05, 4.69) is 0 Å². The standard InChI is InChI=1S/C18H27NO4/c1-4-22-16-7-6-15(12-17(16)23-5-2)18(20)19-10-8-14(9-11-19)13-21-3/h6-7,12,14H,4-5,8-11,13H2,1-3H3. The quantitative estimate of drug-likeness (QED) is 0.774. The summed E-state index contributed by atoms with van der Waals surface area (Å²) < 4.78 is 16.4. The van der Waals surface area contributed by atoms with E-state index in [1.54, 1.807) is 13.2 Å². The van der Waals surface area contributed by atoms with Crippen molar-refractivity contribution in [2.24, 2.45) is 5.92 Å². The van der Waals surface area contributed by atoms with Gasteiger partial charge in [-0.05, 0) is 50.8 Å². The van der Waals surface area contributed by atoms with Gasteiger partial charge in [-0.15, -0.1) is 0 Å². The van der Waals surface area contributed by atoms with Crippen LogP contribution in [-0.2, 0) is 4.74 Å². The minimum absolute atomic E-state index is 0.0601. The van der Waals surface area contributed by atoms with Crippen molar-refractivity contribution in [2.75, 3.05) is 40.0 Å². The maximum absolute atomic E-state index is 12.7. The van der Waals surface area contributed by atoms with Gasteiger partial charge >= 0.3 is 0 Å². The molecule has 1 amide bonds. The number of nitrogens with zero attached hydrogens (tertiary/aromatic N) is 1. The zero-order valence-electron chi connectivity index (χ0n) is 14.3. The first-order chi connectivity index (χ1) is 11.2. The van der Waals surface area contributed by atoms with Crippen LogP contribution in [0.15, 0.2) is 18.2 Å². The number of benzene rings is 1. The highest BCUT2D eigenvalue weighted by molar-refractivity contribution is 5.95. The second-order valence-corrected chi connectivity index (χ2v) is 5.72. The average Bonchev–Trinajstić information content (AvgIpc) is 2.57. The van der Waals surface area contributed by atoms with Crippen LogP contribution in [0.5, 0.6) is 11.5 Å². The highest BCUT2D eigenvalue weighted by Gasteiger charge is 2.24. The Hall–Kier alpha value is -1.75. The summed E-state index contributed by atoms with van der Waals surface area (Å²) in [6.07, 6.45) is 1.99. The van der Waals surface area contributed by atoms with Gasteiger partial charge in [-0.2, -0.15) is 0 Å². The van der Waals surface area contributed by atoms with Crippen molar-refractivity contribution in [3.05, 3.63) is 23.8 Å². The Kier molecular flexibility index (Phi) is 6.71. The van der Waals surface area contributed by atoms with E-state index in [0.29, 0.717) is 36.2 Å². The van der Waals surface area contributed by atoms with Crippen molar-refractivity contribution >= 4 is 5.91 Å². The fraction of sp³-hybridized carbons (Fsp3) is 0.611. The van der Waals surface area contributed by atoms with Gasteiger partial charge in [0.1, 0.15) is 0 Å². The van der Waals surface area contributed by atoms with E-state index < -0.39 is 0 Å². The molecule has 5 heteroatoms. The fourth-order valence-corrected chi connectivity index (χ4v) is 2.91. The van der Waals surface area contributed by atoms with Crippen LogP contribution in [-0.4, -0.2) is 50.8 Å². The monoisotopic (exact) mass is 321 g/mol. The van der Waals surface area contributed by atoms with E-state index in [4.69, 9.17) is 14.2 Å². The van der Waals surface area contributed by atoms with Gasteiger partial charge in [0.05, 0.1) is 13.2 Å². The van der Waals surface area contributed by atoms with Gasteiger partial charge in [0, 0.05) is 32.4 Å². The number of piperidine rings is 1. The first-order valence-corrected chi connectivity index (χ1v) is 8.37. The Labute approximate surface area is 138 Å². The average molecular weight is 321 g/mol. The SMILES string of the molecule is CCOc1ccc(C(=O)N2CCC(COC)CC2)cc1OCC. The number of likely N-dealkylation sites (tertiary alicyclic amines) is 1.